The third kappa shape index (κ3) is 4.02. The van der Waals surface area contributed by atoms with Crippen LogP contribution in [0.15, 0.2) is 36.4 Å². The van der Waals surface area contributed by atoms with E-state index in [2.05, 4.69) is 62.8 Å². The van der Waals surface area contributed by atoms with Gasteiger partial charge < -0.3 is 9.47 Å². The molecule has 0 spiro atoms. The second-order valence-corrected chi connectivity index (χ2v) is 6.39. The highest BCUT2D eigenvalue weighted by atomic mass is 127. The molecule has 2 nitrogen and oxygen atoms in total. The van der Waals surface area contributed by atoms with Gasteiger partial charge in [-0.1, -0.05) is 39.7 Å². The van der Waals surface area contributed by atoms with E-state index in [9.17, 15) is 0 Å². The maximum absolute atomic E-state index is 6.06. The van der Waals surface area contributed by atoms with Gasteiger partial charge in [0.1, 0.15) is 6.61 Å². The Morgan fingerprint density at radius 1 is 1.20 bits per heavy atom. The SMILES string of the molecule is COc1cc(Cl)cc(CBr)c1OCc1ccc(I)cc1. The van der Waals surface area contributed by atoms with Crippen molar-refractivity contribution in [3.63, 3.8) is 0 Å². The summed E-state index contributed by atoms with van der Waals surface area (Å²) in [4.78, 5) is 0. The minimum absolute atomic E-state index is 0.495. The second-order valence-electron chi connectivity index (χ2n) is 4.15. The van der Waals surface area contributed by atoms with Gasteiger partial charge in [-0.05, 0) is 46.4 Å². The molecular formula is C15H13BrClIO2. The average molecular weight is 468 g/mol. The van der Waals surface area contributed by atoms with E-state index in [-0.39, 0.29) is 0 Å². The predicted octanol–water partition coefficient (Wildman–Crippen LogP) is 5.43. The van der Waals surface area contributed by atoms with Gasteiger partial charge in [0.15, 0.2) is 11.5 Å². The van der Waals surface area contributed by atoms with Crippen molar-refractivity contribution in [2.45, 2.75) is 11.9 Å². The summed E-state index contributed by atoms with van der Waals surface area (Å²) in [5, 5.41) is 1.30. The molecule has 5 heteroatoms. The van der Waals surface area contributed by atoms with Gasteiger partial charge in [-0.15, -0.1) is 0 Å². The van der Waals surface area contributed by atoms with Crippen molar-refractivity contribution >= 4 is 50.1 Å². The van der Waals surface area contributed by atoms with Crippen LogP contribution in [0.4, 0.5) is 0 Å². The molecule has 0 radical (unpaired) electrons. The number of alkyl halides is 1. The molecule has 2 aromatic rings. The smallest absolute Gasteiger partial charge is 0.165 e. The fourth-order valence-electron chi connectivity index (χ4n) is 1.77. The molecule has 0 fully saturated rings. The zero-order valence-corrected chi connectivity index (χ0v) is 15.3. The maximum atomic E-state index is 6.06. The number of benzene rings is 2. The summed E-state index contributed by atoms with van der Waals surface area (Å²) in [6.45, 7) is 0.495. The normalized spacial score (nSPS) is 10.4. The highest BCUT2D eigenvalue weighted by molar-refractivity contribution is 14.1. The third-order valence-corrected chi connectivity index (χ3v) is 4.30. The van der Waals surface area contributed by atoms with Gasteiger partial charge in [-0.3, -0.25) is 0 Å². The van der Waals surface area contributed by atoms with Crippen molar-refractivity contribution in [2.75, 3.05) is 7.11 Å². The predicted molar refractivity (Wildman–Crippen MR) is 94.1 cm³/mol. The molecule has 0 saturated carbocycles. The second kappa shape index (κ2) is 7.52. The Hall–Kier alpha value is -0.460. The Labute approximate surface area is 145 Å². The van der Waals surface area contributed by atoms with E-state index < -0.39 is 0 Å². The summed E-state index contributed by atoms with van der Waals surface area (Å²) in [6, 6.07) is 11.9. The molecule has 20 heavy (non-hydrogen) atoms. The molecule has 2 rings (SSSR count). The lowest BCUT2D eigenvalue weighted by Crippen LogP contribution is -2.00. The summed E-state index contributed by atoms with van der Waals surface area (Å²) < 4.78 is 12.5. The zero-order valence-electron chi connectivity index (χ0n) is 10.8. The Morgan fingerprint density at radius 3 is 2.50 bits per heavy atom. The quantitative estimate of drug-likeness (QED) is 0.432. The number of methoxy groups -OCH3 is 1. The fraction of sp³-hybridized carbons (Fsp3) is 0.200. The third-order valence-electron chi connectivity index (χ3n) is 2.76. The van der Waals surface area contributed by atoms with Crippen molar-refractivity contribution in [3.8, 4) is 11.5 Å². The highest BCUT2D eigenvalue weighted by Gasteiger charge is 2.12. The summed E-state index contributed by atoms with van der Waals surface area (Å²) >= 11 is 11.8. The summed E-state index contributed by atoms with van der Waals surface area (Å²) in [5.41, 5.74) is 2.09. The van der Waals surface area contributed by atoms with Crippen LogP contribution in [0.2, 0.25) is 5.02 Å². The van der Waals surface area contributed by atoms with Crippen LogP contribution >= 0.6 is 50.1 Å². The fourth-order valence-corrected chi connectivity index (χ4v) is 2.78. The van der Waals surface area contributed by atoms with Crippen LogP contribution in [0, 0.1) is 3.57 Å². The molecule has 0 aliphatic heterocycles. The van der Waals surface area contributed by atoms with E-state index in [1.807, 2.05) is 6.07 Å². The van der Waals surface area contributed by atoms with Crippen LogP contribution in [-0.4, -0.2) is 7.11 Å². The van der Waals surface area contributed by atoms with E-state index in [1.54, 1.807) is 13.2 Å². The standard InChI is InChI=1S/C15H13BrClIO2/c1-19-14-7-12(17)6-11(8-16)15(14)20-9-10-2-4-13(18)5-3-10/h2-7H,8-9H2,1H3. The topological polar surface area (TPSA) is 18.5 Å². The van der Waals surface area contributed by atoms with E-state index >= 15 is 0 Å². The molecule has 0 atom stereocenters. The first-order valence-corrected chi connectivity index (χ1v) is 8.51. The van der Waals surface area contributed by atoms with Crippen LogP contribution in [0.1, 0.15) is 11.1 Å². The van der Waals surface area contributed by atoms with Gasteiger partial charge in [0.2, 0.25) is 0 Å². The van der Waals surface area contributed by atoms with Crippen molar-refractivity contribution in [3.05, 3.63) is 56.1 Å². The molecule has 0 N–H and O–H groups in total. The van der Waals surface area contributed by atoms with Gasteiger partial charge in [0, 0.05) is 25.6 Å². The first-order chi connectivity index (χ1) is 9.63. The lowest BCUT2D eigenvalue weighted by Gasteiger charge is -2.14. The Balaban J connectivity index is 2.21. The molecule has 0 aromatic heterocycles. The van der Waals surface area contributed by atoms with Gasteiger partial charge in [0.25, 0.3) is 0 Å². The summed E-state index contributed by atoms with van der Waals surface area (Å²) in [5.74, 6) is 1.38. The van der Waals surface area contributed by atoms with Crippen molar-refractivity contribution in [2.24, 2.45) is 0 Å². The van der Waals surface area contributed by atoms with Crippen LogP contribution in [0.25, 0.3) is 0 Å². The minimum atomic E-state index is 0.495. The first kappa shape index (κ1) is 15.9. The highest BCUT2D eigenvalue weighted by Crippen LogP contribution is 2.36. The molecule has 0 heterocycles. The Morgan fingerprint density at radius 2 is 1.90 bits per heavy atom. The molecule has 2 aromatic carbocycles. The van der Waals surface area contributed by atoms with Crippen LogP contribution in [0.5, 0.6) is 11.5 Å². The molecule has 0 aliphatic carbocycles. The van der Waals surface area contributed by atoms with Gasteiger partial charge >= 0.3 is 0 Å². The van der Waals surface area contributed by atoms with Gasteiger partial charge in [-0.25, -0.2) is 0 Å². The van der Waals surface area contributed by atoms with Crippen LogP contribution in [0.3, 0.4) is 0 Å². The first-order valence-electron chi connectivity index (χ1n) is 5.93. The van der Waals surface area contributed by atoms with Crippen LogP contribution in [-0.2, 0) is 11.9 Å². The number of hydrogen-bond donors (Lipinski definition) is 0. The molecule has 106 valence electrons. The molecule has 0 unspecified atom stereocenters. The van der Waals surface area contributed by atoms with Crippen LogP contribution < -0.4 is 9.47 Å². The minimum Gasteiger partial charge on any atom is -0.493 e. The lowest BCUT2D eigenvalue weighted by molar-refractivity contribution is 0.282. The Kier molecular flexibility index (Phi) is 5.99. The maximum Gasteiger partial charge on any atom is 0.165 e. The lowest BCUT2D eigenvalue weighted by atomic mass is 10.2. The van der Waals surface area contributed by atoms with E-state index in [0.717, 1.165) is 16.9 Å². The zero-order chi connectivity index (χ0) is 14.5. The Bertz CT molecular complexity index is 562. The monoisotopic (exact) mass is 466 g/mol. The van der Waals surface area contributed by atoms with Crippen molar-refractivity contribution < 1.29 is 9.47 Å². The molecule has 0 amide bonds. The van der Waals surface area contributed by atoms with Crippen molar-refractivity contribution in [1.82, 2.24) is 0 Å². The van der Waals surface area contributed by atoms with Gasteiger partial charge in [0.05, 0.1) is 7.11 Å². The number of rotatable bonds is 5. The molecule has 0 saturated heterocycles. The van der Waals surface area contributed by atoms with Crippen molar-refractivity contribution in [1.29, 1.82) is 0 Å². The van der Waals surface area contributed by atoms with E-state index in [0.29, 0.717) is 22.7 Å². The largest absolute Gasteiger partial charge is 0.493 e. The molecular weight excluding hydrogens is 454 g/mol. The van der Waals surface area contributed by atoms with Gasteiger partial charge in [-0.2, -0.15) is 0 Å². The number of hydrogen-bond acceptors (Lipinski definition) is 2. The summed E-state index contributed by atoms with van der Waals surface area (Å²) in [7, 11) is 1.61. The molecule has 0 bridgehead atoms. The summed E-state index contributed by atoms with van der Waals surface area (Å²) in [6.07, 6.45) is 0. The van der Waals surface area contributed by atoms with E-state index in [4.69, 9.17) is 21.1 Å². The van der Waals surface area contributed by atoms with E-state index in [1.165, 1.54) is 3.57 Å². The number of ether oxygens (including phenoxy) is 2. The molecule has 0 aliphatic rings. The average Bonchev–Trinajstić information content (AvgIpc) is 2.46. The number of halogens is 3.